The van der Waals surface area contributed by atoms with E-state index in [1.54, 1.807) is 0 Å². The fraction of sp³-hybridized carbons (Fsp3) is 0.857. The van der Waals surface area contributed by atoms with E-state index in [0.717, 1.165) is 25.7 Å². The lowest BCUT2D eigenvalue weighted by Crippen LogP contribution is -2.43. The zero-order valence-electron chi connectivity index (χ0n) is 11.3. The lowest BCUT2D eigenvalue weighted by molar-refractivity contribution is -0.146. The number of carbonyl (C=O) groups excluding carboxylic acids is 1. The number of hydrogen-bond acceptors (Lipinski definition) is 2. The third-order valence-electron chi connectivity index (χ3n) is 4.18. The maximum atomic E-state index is 12.5. The molecule has 18 heavy (non-hydrogen) atoms. The Bertz CT molecular complexity index is 326. The Hall–Kier alpha value is -1.06. The standard InChI is InChI=1S/C14H23NO3/c1-9(2)15(12-7-8-12)13(16)10-3-5-11(6-4-10)14(17)18/h9-12H,3-8H2,1-2H3,(H,17,18). The maximum Gasteiger partial charge on any atom is 0.306 e. The number of rotatable bonds is 4. The molecule has 0 bridgehead atoms. The summed E-state index contributed by atoms with van der Waals surface area (Å²) in [5.74, 6) is -0.619. The molecule has 4 nitrogen and oxygen atoms in total. The summed E-state index contributed by atoms with van der Waals surface area (Å²) in [6.07, 6.45) is 5.06. The van der Waals surface area contributed by atoms with Crippen LogP contribution in [0.2, 0.25) is 0 Å². The average Bonchev–Trinajstić information content (AvgIpc) is 3.13. The second-order valence-corrected chi connectivity index (χ2v) is 5.96. The lowest BCUT2D eigenvalue weighted by atomic mass is 9.81. The van der Waals surface area contributed by atoms with Crippen molar-refractivity contribution in [3.63, 3.8) is 0 Å². The number of carboxylic acid groups (broad SMARTS) is 1. The van der Waals surface area contributed by atoms with Crippen LogP contribution in [0, 0.1) is 11.8 Å². The molecule has 0 aromatic carbocycles. The second-order valence-electron chi connectivity index (χ2n) is 5.96. The first kappa shape index (κ1) is 13.4. The fourth-order valence-electron chi connectivity index (χ4n) is 3.01. The van der Waals surface area contributed by atoms with Gasteiger partial charge in [-0.15, -0.1) is 0 Å². The van der Waals surface area contributed by atoms with Crippen LogP contribution in [-0.2, 0) is 9.59 Å². The van der Waals surface area contributed by atoms with Crippen LogP contribution in [0.3, 0.4) is 0 Å². The van der Waals surface area contributed by atoms with Crippen molar-refractivity contribution in [3.8, 4) is 0 Å². The molecule has 102 valence electrons. The predicted molar refractivity (Wildman–Crippen MR) is 68.1 cm³/mol. The molecule has 0 saturated heterocycles. The van der Waals surface area contributed by atoms with Crippen LogP contribution in [0.25, 0.3) is 0 Å². The predicted octanol–water partition coefficient (Wildman–Crippen LogP) is 2.28. The molecule has 0 aromatic heterocycles. The highest BCUT2D eigenvalue weighted by molar-refractivity contribution is 5.80. The van der Waals surface area contributed by atoms with Gasteiger partial charge in [0.25, 0.3) is 0 Å². The van der Waals surface area contributed by atoms with Crippen LogP contribution >= 0.6 is 0 Å². The van der Waals surface area contributed by atoms with Crippen LogP contribution < -0.4 is 0 Å². The van der Waals surface area contributed by atoms with Gasteiger partial charge in [-0.25, -0.2) is 0 Å². The number of carbonyl (C=O) groups is 2. The molecule has 2 aliphatic rings. The van der Waals surface area contributed by atoms with Gasteiger partial charge in [0.15, 0.2) is 0 Å². The number of carboxylic acids is 1. The molecule has 1 N–H and O–H groups in total. The molecular formula is C14H23NO3. The Labute approximate surface area is 108 Å². The quantitative estimate of drug-likeness (QED) is 0.836. The van der Waals surface area contributed by atoms with E-state index in [4.69, 9.17) is 5.11 Å². The van der Waals surface area contributed by atoms with Crippen molar-refractivity contribution < 1.29 is 14.7 Å². The topological polar surface area (TPSA) is 57.6 Å². The molecule has 0 aromatic rings. The van der Waals surface area contributed by atoms with Gasteiger partial charge in [0, 0.05) is 18.0 Å². The van der Waals surface area contributed by atoms with Crippen LogP contribution in [0.5, 0.6) is 0 Å². The minimum atomic E-state index is -0.705. The lowest BCUT2D eigenvalue weighted by Gasteiger charge is -2.33. The van der Waals surface area contributed by atoms with Gasteiger partial charge in [-0.1, -0.05) is 0 Å². The monoisotopic (exact) mass is 253 g/mol. The summed E-state index contributed by atoms with van der Waals surface area (Å²) < 4.78 is 0. The summed E-state index contributed by atoms with van der Waals surface area (Å²) in [6, 6.07) is 0.719. The van der Waals surface area contributed by atoms with Gasteiger partial charge in [0.1, 0.15) is 0 Å². The molecule has 2 aliphatic carbocycles. The number of hydrogen-bond donors (Lipinski definition) is 1. The van der Waals surface area contributed by atoms with Gasteiger partial charge < -0.3 is 10.0 Å². The number of nitrogens with zero attached hydrogens (tertiary/aromatic N) is 1. The Kier molecular flexibility index (Phi) is 3.93. The van der Waals surface area contributed by atoms with E-state index < -0.39 is 5.97 Å². The summed E-state index contributed by atoms with van der Waals surface area (Å²) in [5, 5.41) is 8.96. The highest BCUT2D eigenvalue weighted by Crippen LogP contribution is 2.35. The third kappa shape index (κ3) is 2.85. The van der Waals surface area contributed by atoms with Crippen molar-refractivity contribution in [2.24, 2.45) is 11.8 Å². The summed E-state index contributed by atoms with van der Waals surface area (Å²) in [7, 11) is 0. The second kappa shape index (κ2) is 5.29. The van der Waals surface area contributed by atoms with E-state index >= 15 is 0 Å². The smallest absolute Gasteiger partial charge is 0.306 e. The summed E-state index contributed by atoms with van der Waals surface area (Å²) in [6.45, 7) is 4.14. The molecule has 2 rings (SSSR count). The molecule has 0 heterocycles. The molecule has 0 unspecified atom stereocenters. The maximum absolute atomic E-state index is 12.5. The van der Waals surface area contributed by atoms with Crippen LogP contribution in [0.15, 0.2) is 0 Å². The first-order valence-electron chi connectivity index (χ1n) is 7.05. The first-order valence-corrected chi connectivity index (χ1v) is 7.05. The van der Waals surface area contributed by atoms with Gasteiger partial charge in [-0.2, -0.15) is 0 Å². The van der Waals surface area contributed by atoms with Crippen LogP contribution in [0.4, 0.5) is 0 Å². The van der Waals surface area contributed by atoms with Crippen molar-refractivity contribution in [1.29, 1.82) is 0 Å². The van der Waals surface area contributed by atoms with Gasteiger partial charge in [-0.3, -0.25) is 9.59 Å². The molecule has 2 saturated carbocycles. The molecule has 4 heteroatoms. The average molecular weight is 253 g/mol. The van der Waals surface area contributed by atoms with Crippen molar-refractivity contribution in [1.82, 2.24) is 4.90 Å². The molecular weight excluding hydrogens is 230 g/mol. The zero-order chi connectivity index (χ0) is 13.3. The minimum Gasteiger partial charge on any atom is -0.481 e. The first-order chi connectivity index (χ1) is 8.50. The zero-order valence-corrected chi connectivity index (χ0v) is 11.3. The number of amides is 1. The Morgan fingerprint density at radius 2 is 1.50 bits per heavy atom. The van der Waals surface area contributed by atoms with E-state index in [9.17, 15) is 9.59 Å². The van der Waals surface area contributed by atoms with E-state index in [1.165, 1.54) is 0 Å². The van der Waals surface area contributed by atoms with E-state index in [0.29, 0.717) is 18.9 Å². The SMILES string of the molecule is CC(C)N(C(=O)C1CCC(C(=O)O)CC1)C1CC1. The molecule has 0 aliphatic heterocycles. The van der Waals surface area contributed by atoms with Crippen molar-refractivity contribution in [3.05, 3.63) is 0 Å². The highest BCUT2D eigenvalue weighted by Gasteiger charge is 2.39. The van der Waals surface area contributed by atoms with E-state index in [1.807, 2.05) is 4.90 Å². The Morgan fingerprint density at radius 1 is 1.00 bits per heavy atom. The van der Waals surface area contributed by atoms with Crippen LogP contribution in [-0.4, -0.2) is 34.0 Å². The van der Waals surface area contributed by atoms with Crippen molar-refractivity contribution in [2.45, 2.75) is 64.5 Å². The normalized spacial score (nSPS) is 28.2. The van der Waals surface area contributed by atoms with Gasteiger partial charge in [0.05, 0.1) is 5.92 Å². The Morgan fingerprint density at radius 3 is 1.89 bits per heavy atom. The third-order valence-corrected chi connectivity index (χ3v) is 4.18. The molecule has 0 radical (unpaired) electrons. The van der Waals surface area contributed by atoms with Gasteiger partial charge in [-0.05, 0) is 52.4 Å². The molecule has 1 amide bonds. The fourth-order valence-corrected chi connectivity index (χ4v) is 3.01. The molecule has 2 fully saturated rings. The summed E-state index contributed by atoms with van der Waals surface area (Å²) in [5.41, 5.74) is 0. The van der Waals surface area contributed by atoms with Gasteiger partial charge >= 0.3 is 5.97 Å². The summed E-state index contributed by atoms with van der Waals surface area (Å²) >= 11 is 0. The van der Waals surface area contributed by atoms with Crippen molar-refractivity contribution in [2.75, 3.05) is 0 Å². The summed E-state index contributed by atoms with van der Waals surface area (Å²) in [4.78, 5) is 25.4. The van der Waals surface area contributed by atoms with Crippen molar-refractivity contribution >= 4 is 11.9 Å². The largest absolute Gasteiger partial charge is 0.481 e. The Balaban J connectivity index is 1.92. The number of aliphatic carboxylic acids is 1. The van der Waals surface area contributed by atoms with E-state index in [-0.39, 0.29) is 23.8 Å². The van der Waals surface area contributed by atoms with Crippen LogP contribution in [0.1, 0.15) is 52.4 Å². The highest BCUT2D eigenvalue weighted by atomic mass is 16.4. The molecule has 0 spiro atoms. The van der Waals surface area contributed by atoms with E-state index in [2.05, 4.69) is 13.8 Å². The minimum absolute atomic E-state index is 0.0589. The molecule has 0 atom stereocenters. The van der Waals surface area contributed by atoms with Gasteiger partial charge in [0.2, 0.25) is 5.91 Å².